The summed E-state index contributed by atoms with van der Waals surface area (Å²) in [5.74, 6) is 2.85. The molecule has 0 saturated carbocycles. The third-order valence-electron chi connectivity index (χ3n) is 11.9. The lowest BCUT2D eigenvalue weighted by Gasteiger charge is -2.36. The zero-order valence-corrected chi connectivity index (χ0v) is 26.0. The maximum absolute atomic E-state index is 2.83. The van der Waals surface area contributed by atoms with Gasteiger partial charge in [0.05, 0.1) is 6.04 Å². The van der Waals surface area contributed by atoms with Crippen molar-refractivity contribution in [2.45, 2.75) is 82.7 Å². The van der Waals surface area contributed by atoms with E-state index in [2.05, 4.69) is 113 Å². The normalized spacial score (nSPS) is 36.7. The first-order valence-corrected chi connectivity index (χ1v) is 17.7. The lowest BCUT2D eigenvalue weighted by molar-refractivity contribution is 0.241. The Morgan fingerprint density at radius 3 is 2.57 bits per heavy atom. The minimum atomic E-state index is 0.497. The second-order valence-electron chi connectivity index (χ2n) is 14.3. The van der Waals surface area contributed by atoms with Gasteiger partial charge in [-0.05, 0) is 105 Å². The van der Waals surface area contributed by atoms with Gasteiger partial charge in [0.15, 0.2) is 0 Å². The molecule has 2 aliphatic heterocycles. The average molecular weight is 579 g/mol. The van der Waals surface area contributed by atoms with Gasteiger partial charge in [0.25, 0.3) is 0 Å². The summed E-state index contributed by atoms with van der Waals surface area (Å²) < 4.78 is 0. The number of allylic oxidation sites excluding steroid dienone is 19. The lowest BCUT2D eigenvalue weighted by atomic mass is 9.73. The van der Waals surface area contributed by atoms with Crippen LogP contribution in [0.5, 0.6) is 0 Å². The molecule has 7 unspecified atom stereocenters. The van der Waals surface area contributed by atoms with Crippen molar-refractivity contribution in [3.05, 3.63) is 143 Å². The Kier molecular flexibility index (Phi) is 6.79. The van der Waals surface area contributed by atoms with Crippen molar-refractivity contribution in [1.29, 1.82) is 0 Å². The fourth-order valence-corrected chi connectivity index (χ4v) is 9.94. The molecular weight excluding hydrogens is 532 g/mol. The molecule has 0 radical (unpaired) electrons. The van der Waals surface area contributed by atoms with Gasteiger partial charge in [-0.3, -0.25) is 0 Å². The van der Waals surface area contributed by atoms with Crippen LogP contribution in [0.4, 0.5) is 0 Å². The molecule has 9 aliphatic rings. The first-order chi connectivity index (χ1) is 21.8. The van der Waals surface area contributed by atoms with Crippen LogP contribution in [0, 0.1) is 29.6 Å². The predicted octanol–water partition coefficient (Wildman–Crippen LogP) is 9.92. The van der Waals surface area contributed by atoms with Gasteiger partial charge in [-0.25, -0.2) is 0 Å². The maximum Gasteiger partial charge on any atom is 0.0545 e. The molecule has 224 valence electrons. The molecule has 1 fully saturated rings. The lowest BCUT2D eigenvalue weighted by Crippen LogP contribution is -2.37. The Labute approximate surface area is 264 Å². The van der Waals surface area contributed by atoms with Gasteiger partial charge in [-0.2, -0.15) is 0 Å². The highest BCUT2D eigenvalue weighted by Crippen LogP contribution is 2.52. The van der Waals surface area contributed by atoms with Gasteiger partial charge in [-0.1, -0.05) is 91.1 Å². The van der Waals surface area contributed by atoms with Crippen LogP contribution >= 0.6 is 0 Å². The highest BCUT2D eigenvalue weighted by molar-refractivity contribution is 5.50. The average Bonchev–Trinajstić information content (AvgIpc) is 3.61. The van der Waals surface area contributed by atoms with E-state index < -0.39 is 0 Å². The number of fused-ring (bicyclic) bond motifs is 5. The zero-order chi connectivity index (χ0) is 29.0. The van der Waals surface area contributed by atoms with Crippen LogP contribution in [0.25, 0.3) is 0 Å². The molecule has 0 aromatic rings. The standard InChI is InChI=1S/C42H46N2/c1-3-14-33(15-4-1)43-39-20-9-7-18-35(39)37-27-31(22-24-41(37)43)29-12-11-13-30(26-29)32-23-25-42-38(28-32)36-19-8-10-21-40(36)44(42)34-16-5-2-6-17-34/h1,3,5,7-8,11,13-14,16-19,22,24-27,29,32,35,37-39,41H,2,4,6,9-10,12,15,20-21,23,28H2. The summed E-state index contributed by atoms with van der Waals surface area (Å²) in [6, 6.07) is 1.15. The largest absolute Gasteiger partial charge is 0.364 e. The number of rotatable bonds is 4. The van der Waals surface area contributed by atoms with E-state index >= 15 is 0 Å². The monoisotopic (exact) mass is 578 g/mol. The van der Waals surface area contributed by atoms with E-state index in [0.29, 0.717) is 41.7 Å². The van der Waals surface area contributed by atoms with Crippen molar-refractivity contribution >= 4 is 0 Å². The van der Waals surface area contributed by atoms with Crippen LogP contribution in [0.1, 0.15) is 70.6 Å². The molecule has 9 rings (SSSR count). The molecule has 0 amide bonds. The fraction of sp³-hybridized carbons (Fsp3) is 0.429. The van der Waals surface area contributed by atoms with Gasteiger partial charge < -0.3 is 9.80 Å². The van der Waals surface area contributed by atoms with Crippen molar-refractivity contribution in [3.8, 4) is 0 Å². The molecule has 44 heavy (non-hydrogen) atoms. The van der Waals surface area contributed by atoms with Gasteiger partial charge >= 0.3 is 0 Å². The van der Waals surface area contributed by atoms with E-state index in [1.165, 1.54) is 57.1 Å². The molecule has 2 nitrogen and oxygen atoms in total. The van der Waals surface area contributed by atoms with Crippen LogP contribution in [-0.4, -0.2) is 21.9 Å². The summed E-state index contributed by atoms with van der Waals surface area (Å²) >= 11 is 0. The molecule has 2 heteroatoms. The smallest absolute Gasteiger partial charge is 0.0545 e. The summed E-state index contributed by atoms with van der Waals surface area (Å²) in [7, 11) is 0. The molecule has 0 aromatic carbocycles. The van der Waals surface area contributed by atoms with Crippen LogP contribution < -0.4 is 0 Å². The van der Waals surface area contributed by atoms with E-state index in [4.69, 9.17) is 0 Å². The second-order valence-corrected chi connectivity index (χ2v) is 14.3. The summed E-state index contributed by atoms with van der Waals surface area (Å²) in [5.41, 5.74) is 10.8. The molecule has 0 aromatic heterocycles. The Balaban J connectivity index is 0.981. The van der Waals surface area contributed by atoms with Crippen LogP contribution in [0.15, 0.2) is 143 Å². The Morgan fingerprint density at radius 1 is 0.705 bits per heavy atom. The Morgan fingerprint density at radius 2 is 1.66 bits per heavy atom. The summed E-state index contributed by atoms with van der Waals surface area (Å²) in [6.45, 7) is 0. The second kappa shape index (κ2) is 11.1. The van der Waals surface area contributed by atoms with Gasteiger partial charge in [0.1, 0.15) is 0 Å². The van der Waals surface area contributed by atoms with Crippen molar-refractivity contribution in [2.24, 2.45) is 29.6 Å². The third-order valence-corrected chi connectivity index (χ3v) is 11.9. The zero-order valence-electron chi connectivity index (χ0n) is 26.0. The number of likely N-dealkylation sites (tertiary alicyclic amines) is 1. The van der Waals surface area contributed by atoms with Crippen LogP contribution in [0.2, 0.25) is 0 Å². The molecule has 7 atom stereocenters. The molecule has 7 aliphatic carbocycles. The summed E-state index contributed by atoms with van der Waals surface area (Å²) in [5, 5.41) is 0. The molecule has 0 N–H and O–H groups in total. The van der Waals surface area contributed by atoms with Crippen molar-refractivity contribution in [1.82, 2.24) is 9.80 Å². The molecule has 0 bridgehead atoms. The summed E-state index contributed by atoms with van der Waals surface area (Å²) in [6.07, 6.45) is 55.2. The first-order valence-electron chi connectivity index (χ1n) is 17.7. The summed E-state index contributed by atoms with van der Waals surface area (Å²) in [4.78, 5) is 5.47. The van der Waals surface area contributed by atoms with E-state index in [-0.39, 0.29) is 0 Å². The third kappa shape index (κ3) is 4.43. The number of hydrogen-bond acceptors (Lipinski definition) is 2. The highest BCUT2D eigenvalue weighted by Gasteiger charge is 2.48. The van der Waals surface area contributed by atoms with E-state index in [1.54, 1.807) is 33.8 Å². The van der Waals surface area contributed by atoms with Crippen LogP contribution in [-0.2, 0) is 0 Å². The Hall–Kier alpha value is -3.52. The van der Waals surface area contributed by atoms with E-state index in [0.717, 1.165) is 19.3 Å². The van der Waals surface area contributed by atoms with Crippen LogP contribution in [0.3, 0.4) is 0 Å². The van der Waals surface area contributed by atoms with Crippen molar-refractivity contribution < 1.29 is 0 Å². The Bertz CT molecular complexity index is 1590. The minimum Gasteiger partial charge on any atom is -0.364 e. The number of hydrogen-bond donors (Lipinski definition) is 0. The molecule has 0 spiro atoms. The fourth-order valence-electron chi connectivity index (χ4n) is 9.94. The molecule has 2 heterocycles. The number of nitrogens with zero attached hydrogens (tertiary/aromatic N) is 2. The SMILES string of the molecule is C1=CCCC(N2C3C=CC(C4C=C(C5CC=C6C(C5)C5=C(CCC=C5)N6C5=CCCC=C5)C=CC4)=CC3C3C=CCCC32)=C1. The quantitative estimate of drug-likeness (QED) is 0.306. The molecule has 1 saturated heterocycles. The first kappa shape index (κ1) is 26.8. The van der Waals surface area contributed by atoms with Gasteiger partial charge in [0, 0.05) is 52.5 Å². The van der Waals surface area contributed by atoms with Gasteiger partial charge in [0.2, 0.25) is 0 Å². The van der Waals surface area contributed by atoms with Crippen molar-refractivity contribution in [2.75, 3.05) is 0 Å². The van der Waals surface area contributed by atoms with Gasteiger partial charge in [-0.15, -0.1) is 0 Å². The molecular formula is C42H46N2. The maximum atomic E-state index is 2.83. The van der Waals surface area contributed by atoms with E-state index in [1.807, 2.05) is 0 Å². The highest BCUT2D eigenvalue weighted by atomic mass is 15.2. The minimum absolute atomic E-state index is 0.497. The topological polar surface area (TPSA) is 6.48 Å². The van der Waals surface area contributed by atoms with Crippen molar-refractivity contribution in [3.63, 3.8) is 0 Å². The van der Waals surface area contributed by atoms with E-state index in [9.17, 15) is 0 Å². The predicted molar refractivity (Wildman–Crippen MR) is 182 cm³/mol.